The highest BCUT2D eigenvalue weighted by Gasteiger charge is 2.27. The highest BCUT2D eigenvalue weighted by atomic mass is 32.1. The molecule has 1 fully saturated rings. The highest BCUT2D eigenvalue weighted by Crippen LogP contribution is 2.38. The van der Waals surface area contributed by atoms with Crippen molar-refractivity contribution in [3.8, 4) is 11.1 Å². The number of carbonyl (C=O) groups is 3. The molecule has 2 aromatic rings. The molecule has 1 aromatic carbocycles. The van der Waals surface area contributed by atoms with E-state index in [0.29, 0.717) is 23.7 Å². The van der Waals surface area contributed by atoms with E-state index >= 15 is 0 Å². The maximum atomic E-state index is 12.9. The molecule has 3 rings (SSSR count). The van der Waals surface area contributed by atoms with Crippen LogP contribution in [0.3, 0.4) is 0 Å². The third-order valence-electron chi connectivity index (χ3n) is 5.95. The Morgan fingerprint density at radius 2 is 1.85 bits per heavy atom. The summed E-state index contributed by atoms with van der Waals surface area (Å²) in [5.74, 6) is -0.527. The van der Waals surface area contributed by atoms with Crippen molar-refractivity contribution < 1.29 is 19.1 Å². The molecule has 0 atom stereocenters. The van der Waals surface area contributed by atoms with Crippen LogP contribution in [0.2, 0.25) is 0 Å². The fraction of sp³-hybridized carbons (Fsp3) is 0.500. The van der Waals surface area contributed by atoms with Gasteiger partial charge in [0, 0.05) is 22.9 Å². The van der Waals surface area contributed by atoms with Gasteiger partial charge in [0.2, 0.25) is 11.8 Å². The number of piperidine rings is 1. The number of likely N-dealkylation sites (tertiary alicyclic amines) is 1. The van der Waals surface area contributed by atoms with E-state index in [1.807, 2.05) is 45.2 Å². The lowest BCUT2D eigenvalue weighted by Gasteiger charge is -2.31. The quantitative estimate of drug-likeness (QED) is 0.542. The van der Waals surface area contributed by atoms with Crippen molar-refractivity contribution in [2.45, 2.75) is 53.5 Å². The van der Waals surface area contributed by atoms with E-state index < -0.39 is 5.97 Å². The summed E-state index contributed by atoms with van der Waals surface area (Å²) in [6, 6.07) is 6.22. The van der Waals surface area contributed by atoms with E-state index in [-0.39, 0.29) is 36.9 Å². The average Bonchev–Trinajstić information content (AvgIpc) is 3.17. The van der Waals surface area contributed by atoms with Gasteiger partial charge in [-0.1, -0.05) is 23.8 Å². The molecule has 34 heavy (non-hydrogen) atoms. The van der Waals surface area contributed by atoms with Gasteiger partial charge in [-0.05, 0) is 71.7 Å². The van der Waals surface area contributed by atoms with E-state index in [2.05, 4.69) is 21.6 Å². The Morgan fingerprint density at radius 3 is 2.47 bits per heavy atom. The average molecular weight is 486 g/mol. The number of nitrogens with one attached hydrogen (secondary N) is 2. The van der Waals surface area contributed by atoms with E-state index in [1.54, 1.807) is 6.92 Å². The molecule has 1 aliphatic rings. The number of benzene rings is 1. The van der Waals surface area contributed by atoms with Gasteiger partial charge in [-0.3, -0.25) is 14.5 Å². The molecule has 0 radical (unpaired) electrons. The van der Waals surface area contributed by atoms with Gasteiger partial charge in [0.25, 0.3) is 0 Å². The first-order chi connectivity index (χ1) is 16.2. The molecule has 1 aromatic heterocycles. The van der Waals surface area contributed by atoms with Gasteiger partial charge < -0.3 is 15.4 Å². The number of aryl methyl sites for hydroxylation is 2. The molecular formula is C26H35N3O4S. The maximum absolute atomic E-state index is 12.9. The summed E-state index contributed by atoms with van der Waals surface area (Å²) >= 11 is 1.33. The van der Waals surface area contributed by atoms with Crippen LogP contribution in [-0.2, 0) is 14.3 Å². The van der Waals surface area contributed by atoms with E-state index in [1.165, 1.54) is 11.3 Å². The number of carbonyl (C=O) groups excluding carboxylic acids is 3. The molecule has 0 unspecified atom stereocenters. The number of hydrogen-bond donors (Lipinski definition) is 2. The second-order valence-corrected chi connectivity index (χ2v) is 10.0. The predicted octanol–water partition coefficient (Wildman–Crippen LogP) is 4.38. The first kappa shape index (κ1) is 25.9. The SMILES string of the molecule is CCOC(=O)c1c(-c2ccc(C)cc2C)csc1NC(=O)CN1CCC(C(=O)NC(C)C)CC1. The van der Waals surface area contributed by atoms with Gasteiger partial charge in [-0.15, -0.1) is 11.3 Å². The molecule has 2 amide bonds. The molecule has 184 valence electrons. The van der Waals surface area contributed by atoms with Crippen LogP contribution in [0, 0.1) is 19.8 Å². The Kier molecular flexibility index (Phi) is 8.85. The Hall–Kier alpha value is -2.71. The molecule has 0 spiro atoms. The first-order valence-corrected chi connectivity index (χ1v) is 12.8. The van der Waals surface area contributed by atoms with Crippen molar-refractivity contribution in [3.05, 3.63) is 40.3 Å². The molecule has 2 heterocycles. The normalized spacial score (nSPS) is 14.8. The number of anilines is 1. The first-order valence-electron chi connectivity index (χ1n) is 11.9. The molecule has 2 N–H and O–H groups in total. The lowest BCUT2D eigenvalue weighted by atomic mass is 9.95. The third-order valence-corrected chi connectivity index (χ3v) is 6.85. The van der Waals surface area contributed by atoms with Crippen molar-refractivity contribution in [1.82, 2.24) is 10.2 Å². The summed E-state index contributed by atoms with van der Waals surface area (Å²) in [5.41, 5.74) is 4.33. The van der Waals surface area contributed by atoms with Crippen LogP contribution in [0.4, 0.5) is 5.00 Å². The van der Waals surface area contributed by atoms with Crippen molar-refractivity contribution in [2.75, 3.05) is 31.6 Å². The second kappa shape index (κ2) is 11.6. The van der Waals surface area contributed by atoms with Crippen LogP contribution in [0.1, 0.15) is 55.1 Å². The summed E-state index contributed by atoms with van der Waals surface area (Å²) in [6.45, 7) is 11.6. The smallest absolute Gasteiger partial charge is 0.341 e. The summed E-state index contributed by atoms with van der Waals surface area (Å²) in [7, 11) is 0. The van der Waals surface area contributed by atoms with Crippen LogP contribution < -0.4 is 10.6 Å². The number of hydrogen-bond acceptors (Lipinski definition) is 6. The summed E-state index contributed by atoms with van der Waals surface area (Å²) in [4.78, 5) is 40.0. The number of nitrogens with zero attached hydrogens (tertiary/aromatic N) is 1. The van der Waals surface area contributed by atoms with Crippen molar-refractivity contribution in [2.24, 2.45) is 5.92 Å². The van der Waals surface area contributed by atoms with Gasteiger partial charge >= 0.3 is 5.97 Å². The zero-order valence-corrected chi connectivity index (χ0v) is 21.5. The summed E-state index contributed by atoms with van der Waals surface area (Å²) in [6.07, 6.45) is 1.46. The van der Waals surface area contributed by atoms with E-state index in [0.717, 1.165) is 35.1 Å². The largest absolute Gasteiger partial charge is 0.462 e. The molecule has 7 nitrogen and oxygen atoms in total. The Morgan fingerprint density at radius 1 is 1.15 bits per heavy atom. The molecule has 1 aliphatic heterocycles. The fourth-order valence-electron chi connectivity index (χ4n) is 4.29. The number of esters is 1. The number of thiophene rings is 1. The molecule has 8 heteroatoms. The van der Waals surface area contributed by atoms with Crippen LogP contribution in [-0.4, -0.2) is 55.0 Å². The molecular weight excluding hydrogens is 450 g/mol. The predicted molar refractivity (Wildman–Crippen MR) is 136 cm³/mol. The minimum atomic E-state index is -0.439. The summed E-state index contributed by atoms with van der Waals surface area (Å²) in [5, 5.41) is 8.31. The Bertz CT molecular complexity index is 1040. The van der Waals surface area contributed by atoms with Crippen LogP contribution >= 0.6 is 11.3 Å². The van der Waals surface area contributed by atoms with Gasteiger partial charge in [0.15, 0.2) is 0 Å². The standard InChI is InChI=1S/C26H35N3O4S/c1-6-33-26(32)23-21(20-8-7-17(4)13-18(20)5)15-34-25(23)28-22(30)14-29-11-9-19(10-12-29)24(31)27-16(2)3/h7-8,13,15-16,19H,6,9-12,14H2,1-5H3,(H,27,31)(H,28,30). The minimum Gasteiger partial charge on any atom is -0.462 e. The molecule has 1 saturated heterocycles. The third kappa shape index (κ3) is 6.45. The monoisotopic (exact) mass is 485 g/mol. The number of ether oxygens (including phenoxy) is 1. The zero-order chi connectivity index (χ0) is 24.8. The van der Waals surface area contributed by atoms with Gasteiger partial charge in [0.05, 0.1) is 13.2 Å². The van der Waals surface area contributed by atoms with Crippen molar-refractivity contribution in [3.63, 3.8) is 0 Å². The van der Waals surface area contributed by atoms with Crippen LogP contribution in [0.15, 0.2) is 23.6 Å². The topological polar surface area (TPSA) is 87.7 Å². The Labute approximate surface area is 205 Å². The van der Waals surface area contributed by atoms with Crippen LogP contribution in [0.25, 0.3) is 11.1 Å². The van der Waals surface area contributed by atoms with Crippen molar-refractivity contribution >= 4 is 34.1 Å². The van der Waals surface area contributed by atoms with Gasteiger partial charge in [0.1, 0.15) is 10.6 Å². The van der Waals surface area contributed by atoms with Gasteiger partial charge in [-0.2, -0.15) is 0 Å². The molecule has 0 saturated carbocycles. The molecule has 0 bridgehead atoms. The second-order valence-electron chi connectivity index (χ2n) is 9.15. The zero-order valence-electron chi connectivity index (χ0n) is 20.7. The number of rotatable bonds is 8. The Balaban J connectivity index is 1.69. The highest BCUT2D eigenvalue weighted by molar-refractivity contribution is 7.15. The lowest BCUT2D eigenvalue weighted by Crippen LogP contribution is -2.44. The maximum Gasteiger partial charge on any atom is 0.341 e. The van der Waals surface area contributed by atoms with Crippen molar-refractivity contribution in [1.29, 1.82) is 0 Å². The lowest BCUT2D eigenvalue weighted by molar-refractivity contribution is -0.127. The van der Waals surface area contributed by atoms with E-state index in [9.17, 15) is 14.4 Å². The minimum absolute atomic E-state index is 0.00488. The summed E-state index contributed by atoms with van der Waals surface area (Å²) < 4.78 is 5.31. The van der Waals surface area contributed by atoms with Gasteiger partial charge in [-0.25, -0.2) is 4.79 Å². The number of amides is 2. The fourth-order valence-corrected chi connectivity index (χ4v) is 5.26. The van der Waals surface area contributed by atoms with Crippen LogP contribution in [0.5, 0.6) is 0 Å². The molecule has 0 aliphatic carbocycles. The van der Waals surface area contributed by atoms with E-state index in [4.69, 9.17) is 4.74 Å².